The second kappa shape index (κ2) is 7.34. The first-order chi connectivity index (χ1) is 4.47. The van der Waals surface area contributed by atoms with Crippen LogP contribution in [0.2, 0.25) is 0 Å². The van der Waals surface area contributed by atoms with E-state index in [1.165, 1.54) is 6.42 Å². The fourth-order valence-electron chi connectivity index (χ4n) is 0.112. The molecule has 0 amide bonds. The molecule has 0 aromatic rings. The topological polar surface area (TPSA) is 79.2 Å². The summed E-state index contributed by atoms with van der Waals surface area (Å²) < 4.78 is 7.45. The van der Waals surface area contributed by atoms with Crippen LogP contribution in [0.1, 0.15) is 20.3 Å². The van der Waals surface area contributed by atoms with Crippen molar-refractivity contribution >= 4 is 19.5 Å². The highest BCUT2D eigenvalue weighted by Gasteiger charge is 2.31. The van der Waals surface area contributed by atoms with Crippen molar-refractivity contribution in [2.45, 2.75) is 20.3 Å². The van der Waals surface area contributed by atoms with Crippen molar-refractivity contribution in [2.24, 2.45) is 0 Å². The zero-order chi connectivity index (χ0) is 8.62. The van der Waals surface area contributed by atoms with Crippen LogP contribution in [0.4, 0.5) is 0 Å². The van der Waals surface area contributed by atoms with E-state index in [1.807, 2.05) is 0 Å². The first kappa shape index (κ1) is 12.9. The molecule has 0 heterocycles. The lowest BCUT2D eigenvalue weighted by atomic mass is 10.6. The summed E-state index contributed by atoms with van der Waals surface area (Å²) in [5.74, 6) is 0. The van der Waals surface area contributed by atoms with Crippen LogP contribution in [-0.4, -0.2) is 33.9 Å². The Balaban J connectivity index is 0. The molecule has 0 saturated carbocycles. The Morgan fingerprint density at radius 2 is 1.60 bits per heavy atom. The molecule has 0 fully saturated rings. The third-order valence-corrected chi connectivity index (χ3v) is 1.09. The molecule has 10 heavy (non-hydrogen) atoms. The summed E-state index contributed by atoms with van der Waals surface area (Å²) in [5, 5.41) is 0. The monoisotopic (exact) mass is 186 g/mol. The SMILES string of the molecule is CCC.O[Si](O)(O)OO[SiH3]. The summed E-state index contributed by atoms with van der Waals surface area (Å²) in [7, 11) is -4.14. The standard InChI is InChI=1S/C3H8.H6O5Si2/c1-3-2;1-7(2,3)5-4-6/h3H2,1-2H3;1-3H,6H3. The largest absolute Gasteiger partial charge is 0.698 e. The fourth-order valence-corrected chi connectivity index (χ4v) is 1.01. The maximum absolute atomic E-state index is 7.94. The molecule has 0 bridgehead atoms. The van der Waals surface area contributed by atoms with Gasteiger partial charge in [0.2, 0.25) is 0 Å². The van der Waals surface area contributed by atoms with Crippen molar-refractivity contribution in [3.8, 4) is 0 Å². The van der Waals surface area contributed by atoms with E-state index in [-0.39, 0.29) is 10.5 Å². The van der Waals surface area contributed by atoms with Gasteiger partial charge in [-0.2, -0.15) is 0 Å². The molecule has 0 aliphatic heterocycles. The van der Waals surface area contributed by atoms with Gasteiger partial charge < -0.3 is 19.0 Å². The van der Waals surface area contributed by atoms with Gasteiger partial charge in [-0.1, -0.05) is 20.3 Å². The average molecular weight is 186 g/mol. The second-order valence-corrected chi connectivity index (χ2v) is 3.18. The van der Waals surface area contributed by atoms with E-state index in [9.17, 15) is 0 Å². The fraction of sp³-hybridized carbons (Fsp3) is 1.00. The maximum atomic E-state index is 7.94. The lowest BCUT2D eigenvalue weighted by Crippen LogP contribution is -2.38. The quantitative estimate of drug-likeness (QED) is 0.265. The van der Waals surface area contributed by atoms with Crippen molar-refractivity contribution in [3.63, 3.8) is 0 Å². The van der Waals surface area contributed by atoms with Crippen LogP contribution in [0.15, 0.2) is 0 Å². The summed E-state index contributed by atoms with van der Waals surface area (Å²) in [6, 6.07) is 0. The molecule has 5 nitrogen and oxygen atoms in total. The van der Waals surface area contributed by atoms with Crippen LogP contribution in [0.25, 0.3) is 0 Å². The van der Waals surface area contributed by atoms with E-state index in [0.29, 0.717) is 0 Å². The van der Waals surface area contributed by atoms with Crippen LogP contribution >= 0.6 is 0 Å². The van der Waals surface area contributed by atoms with Crippen molar-refractivity contribution in [1.29, 1.82) is 0 Å². The number of hydrogen-bond acceptors (Lipinski definition) is 5. The molecule has 64 valence electrons. The average Bonchev–Trinajstić information content (AvgIpc) is 1.63. The Hall–Kier alpha value is 0.234. The van der Waals surface area contributed by atoms with Crippen LogP contribution in [0, 0.1) is 0 Å². The van der Waals surface area contributed by atoms with Gasteiger partial charge in [0.15, 0.2) is 10.5 Å². The van der Waals surface area contributed by atoms with E-state index in [1.54, 1.807) is 0 Å². The van der Waals surface area contributed by atoms with E-state index >= 15 is 0 Å². The number of rotatable bonds is 2. The molecule has 0 aromatic carbocycles. The van der Waals surface area contributed by atoms with Crippen LogP contribution < -0.4 is 0 Å². The molecule has 0 atom stereocenters. The number of hydrogen-bond donors (Lipinski definition) is 3. The Bertz CT molecular complexity index is 62.4. The molecule has 0 spiro atoms. The molecule has 0 aliphatic carbocycles. The summed E-state index contributed by atoms with van der Waals surface area (Å²) in [4.78, 5) is 23.8. The smallest absolute Gasteiger partial charge is 0.366 e. The summed E-state index contributed by atoms with van der Waals surface area (Å²) in [6.45, 7) is 4.25. The van der Waals surface area contributed by atoms with Gasteiger partial charge in [0.05, 0.1) is 0 Å². The molecule has 0 radical (unpaired) electrons. The lowest BCUT2D eigenvalue weighted by Gasteiger charge is -2.04. The highest BCUT2D eigenvalue weighted by Crippen LogP contribution is 1.85. The van der Waals surface area contributed by atoms with Crippen LogP contribution in [0.5, 0.6) is 0 Å². The van der Waals surface area contributed by atoms with E-state index in [2.05, 4.69) is 23.0 Å². The van der Waals surface area contributed by atoms with E-state index in [4.69, 9.17) is 14.4 Å². The normalized spacial score (nSPS) is 10.5. The van der Waals surface area contributed by atoms with Gasteiger partial charge in [-0.25, -0.2) is 4.58 Å². The van der Waals surface area contributed by atoms with Crippen molar-refractivity contribution in [3.05, 3.63) is 0 Å². The van der Waals surface area contributed by atoms with Crippen molar-refractivity contribution in [1.82, 2.24) is 0 Å². The third-order valence-electron chi connectivity index (χ3n) is 0.195. The van der Waals surface area contributed by atoms with Crippen molar-refractivity contribution in [2.75, 3.05) is 0 Å². The van der Waals surface area contributed by atoms with E-state index < -0.39 is 9.05 Å². The molecular weight excluding hydrogens is 172 g/mol. The highest BCUT2D eigenvalue weighted by molar-refractivity contribution is 6.48. The van der Waals surface area contributed by atoms with Crippen LogP contribution in [0.3, 0.4) is 0 Å². The van der Waals surface area contributed by atoms with Gasteiger partial charge in [0.1, 0.15) is 0 Å². The highest BCUT2D eigenvalue weighted by atomic mass is 28.4. The van der Waals surface area contributed by atoms with Gasteiger partial charge in [-0.15, -0.1) is 0 Å². The van der Waals surface area contributed by atoms with Crippen molar-refractivity contribution < 1.29 is 23.5 Å². The predicted octanol–water partition coefficient (Wildman–Crippen LogP) is -1.96. The Morgan fingerprint density at radius 1 is 1.30 bits per heavy atom. The molecule has 3 N–H and O–H groups in total. The van der Waals surface area contributed by atoms with Gasteiger partial charge in [0.25, 0.3) is 0 Å². The molecule has 7 heteroatoms. The minimum absolute atomic E-state index is 0.202. The Labute approximate surface area is 64.2 Å². The molecular formula is C3H14O5Si2. The Kier molecular flexibility index (Phi) is 9.45. The third kappa shape index (κ3) is 24.0. The summed E-state index contributed by atoms with van der Waals surface area (Å²) >= 11 is 0. The molecule has 0 saturated heterocycles. The summed E-state index contributed by atoms with van der Waals surface area (Å²) in [6.07, 6.45) is 1.25. The minimum atomic E-state index is -4.34. The summed E-state index contributed by atoms with van der Waals surface area (Å²) in [5.41, 5.74) is 0. The van der Waals surface area contributed by atoms with Gasteiger partial charge in [-0.3, -0.25) is 0 Å². The molecule has 0 aromatic heterocycles. The lowest BCUT2D eigenvalue weighted by molar-refractivity contribution is -0.173. The van der Waals surface area contributed by atoms with Gasteiger partial charge in [0, 0.05) is 0 Å². The minimum Gasteiger partial charge on any atom is -0.366 e. The first-order valence-corrected chi connectivity index (χ1v) is 5.43. The predicted molar refractivity (Wildman–Crippen MR) is 40.5 cm³/mol. The maximum Gasteiger partial charge on any atom is 0.698 e. The van der Waals surface area contributed by atoms with Gasteiger partial charge >= 0.3 is 9.05 Å². The van der Waals surface area contributed by atoms with E-state index in [0.717, 1.165) is 0 Å². The zero-order valence-corrected chi connectivity index (χ0v) is 9.37. The second-order valence-electron chi connectivity index (χ2n) is 1.53. The molecule has 0 aliphatic rings. The molecule has 0 rings (SSSR count). The molecule has 0 unspecified atom stereocenters. The Morgan fingerprint density at radius 3 is 1.60 bits per heavy atom. The first-order valence-electron chi connectivity index (χ1n) is 2.86. The van der Waals surface area contributed by atoms with Crippen LogP contribution in [-0.2, 0) is 9.15 Å². The zero-order valence-electron chi connectivity index (χ0n) is 6.37. The van der Waals surface area contributed by atoms with Gasteiger partial charge in [-0.05, 0) is 0 Å².